The predicted molar refractivity (Wildman–Crippen MR) is 115 cm³/mol. The topological polar surface area (TPSA) is 61.9 Å². The summed E-state index contributed by atoms with van der Waals surface area (Å²) in [6, 6.07) is 15.6. The lowest BCUT2D eigenvalue weighted by Crippen LogP contribution is -2.39. The van der Waals surface area contributed by atoms with Gasteiger partial charge in [0.2, 0.25) is 5.91 Å². The summed E-state index contributed by atoms with van der Waals surface area (Å²) in [5.41, 5.74) is 3.36. The Morgan fingerprint density at radius 3 is 2.28 bits per heavy atom. The largest absolute Gasteiger partial charge is 0.492 e. The summed E-state index contributed by atoms with van der Waals surface area (Å²) in [5, 5.41) is 2.79. The third-order valence-corrected chi connectivity index (χ3v) is 4.54. The molecule has 0 radical (unpaired) electrons. The van der Waals surface area contributed by atoms with Gasteiger partial charge < -0.3 is 19.9 Å². The Bertz CT molecular complexity index is 788. The first-order chi connectivity index (χ1) is 13.8. The minimum Gasteiger partial charge on any atom is -0.492 e. The zero-order chi connectivity index (χ0) is 21.2. The summed E-state index contributed by atoms with van der Waals surface area (Å²) in [4.78, 5) is 27.6. The molecule has 0 heterocycles. The quantitative estimate of drug-likeness (QED) is 0.706. The van der Waals surface area contributed by atoms with E-state index in [0.717, 1.165) is 22.4 Å². The van der Waals surface area contributed by atoms with Gasteiger partial charge in [-0.3, -0.25) is 4.79 Å². The SMILES string of the molecule is Cc1cc(C)cc(OCCN(C)C(=O)CCNC(=O)N(C)Cc2ccccc2)c1. The molecule has 0 aliphatic heterocycles. The fourth-order valence-electron chi connectivity index (χ4n) is 2.97. The molecule has 2 aromatic rings. The van der Waals surface area contributed by atoms with Crippen LogP contribution in [0.25, 0.3) is 0 Å². The standard InChI is InChI=1S/C23H31N3O3/c1-18-14-19(2)16-21(15-18)29-13-12-25(3)22(27)10-11-24-23(28)26(4)17-20-8-6-5-7-9-20/h5-9,14-16H,10-13,17H2,1-4H3,(H,24,28). The number of amides is 3. The third-order valence-electron chi connectivity index (χ3n) is 4.54. The highest BCUT2D eigenvalue weighted by atomic mass is 16.5. The molecule has 2 aromatic carbocycles. The van der Waals surface area contributed by atoms with Crippen LogP contribution in [0.1, 0.15) is 23.1 Å². The maximum absolute atomic E-state index is 12.2. The molecular formula is C23H31N3O3. The number of urea groups is 1. The van der Waals surface area contributed by atoms with E-state index in [9.17, 15) is 9.59 Å². The van der Waals surface area contributed by atoms with Gasteiger partial charge in [0.05, 0.1) is 6.54 Å². The van der Waals surface area contributed by atoms with Crippen LogP contribution < -0.4 is 10.1 Å². The first-order valence-electron chi connectivity index (χ1n) is 9.83. The monoisotopic (exact) mass is 397 g/mol. The van der Waals surface area contributed by atoms with E-state index in [2.05, 4.69) is 11.4 Å². The second-order valence-corrected chi connectivity index (χ2v) is 7.31. The Morgan fingerprint density at radius 1 is 0.966 bits per heavy atom. The Hall–Kier alpha value is -3.02. The van der Waals surface area contributed by atoms with Gasteiger partial charge in [0.15, 0.2) is 0 Å². The first kappa shape index (κ1) is 22.3. The molecule has 0 aliphatic carbocycles. The molecule has 6 heteroatoms. The van der Waals surface area contributed by atoms with Crippen molar-refractivity contribution in [2.45, 2.75) is 26.8 Å². The van der Waals surface area contributed by atoms with E-state index < -0.39 is 0 Å². The van der Waals surface area contributed by atoms with E-state index >= 15 is 0 Å². The van der Waals surface area contributed by atoms with Gasteiger partial charge in [0.25, 0.3) is 0 Å². The van der Waals surface area contributed by atoms with Crippen LogP contribution >= 0.6 is 0 Å². The minimum atomic E-state index is -0.192. The van der Waals surface area contributed by atoms with Crippen LogP contribution in [0.4, 0.5) is 4.79 Å². The van der Waals surface area contributed by atoms with Crippen molar-refractivity contribution < 1.29 is 14.3 Å². The zero-order valence-corrected chi connectivity index (χ0v) is 17.8. The Kier molecular flexibility index (Phi) is 8.52. The highest BCUT2D eigenvalue weighted by Crippen LogP contribution is 2.16. The van der Waals surface area contributed by atoms with E-state index in [-0.39, 0.29) is 18.4 Å². The highest BCUT2D eigenvalue weighted by molar-refractivity contribution is 5.78. The van der Waals surface area contributed by atoms with Crippen LogP contribution in [0.15, 0.2) is 48.5 Å². The molecule has 0 bridgehead atoms. The number of nitrogens with one attached hydrogen (secondary N) is 1. The van der Waals surface area contributed by atoms with Crippen molar-refractivity contribution in [2.75, 3.05) is 33.8 Å². The molecule has 0 saturated heterocycles. The van der Waals surface area contributed by atoms with Gasteiger partial charge in [-0.2, -0.15) is 0 Å². The van der Waals surface area contributed by atoms with Crippen molar-refractivity contribution in [3.05, 3.63) is 65.2 Å². The van der Waals surface area contributed by atoms with Crippen LogP contribution in [0.2, 0.25) is 0 Å². The fourth-order valence-corrected chi connectivity index (χ4v) is 2.97. The second kappa shape index (κ2) is 11.1. The van der Waals surface area contributed by atoms with Crippen LogP contribution in [0, 0.1) is 13.8 Å². The second-order valence-electron chi connectivity index (χ2n) is 7.31. The molecule has 1 N–H and O–H groups in total. The summed E-state index contributed by atoms with van der Waals surface area (Å²) < 4.78 is 5.75. The average Bonchev–Trinajstić information content (AvgIpc) is 2.67. The molecule has 6 nitrogen and oxygen atoms in total. The lowest BCUT2D eigenvalue weighted by molar-refractivity contribution is -0.130. The fraction of sp³-hybridized carbons (Fsp3) is 0.391. The van der Waals surface area contributed by atoms with Crippen molar-refractivity contribution in [1.29, 1.82) is 0 Å². The highest BCUT2D eigenvalue weighted by Gasteiger charge is 2.12. The number of hydrogen-bond donors (Lipinski definition) is 1. The van der Waals surface area contributed by atoms with E-state index in [1.54, 1.807) is 23.9 Å². The van der Waals surface area contributed by atoms with E-state index in [0.29, 0.717) is 26.2 Å². The van der Waals surface area contributed by atoms with Gasteiger partial charge >= 0.3 is 6.03 Å². The van der Waals surface area contributed by atoms with Crippen LogP contribution in [-0.2, 0) is 11.3 Å². The molecule has 0 unspecified atom stereocenters. The Balaban J connectivity index is 1.65. The summed E-state index contributed by atoms with van der Waals surface area (Å²) in [6.07, 6.45) is 0.255. The number of rotatable bonds is 9. The van der Waals surface area contributed by atoms with Gasteiger partial charge in [-0.1, -0.05) is 36.4 Å². The Morgan fingerprint density at radius 2 is 1.62 bits per heavy atom. The smallest absolute Gasteiger partial charge is 0.317 e. The zero-order valence-electron chi connectivity index (χ0n) is 17.8. The van der Waals surface area contributed by atoms with E-state index in [1.165, 1.54) is 0 Å². The van der Waals surface area contributed by atoms with Crippen molar-refractivity contribution in [1.82, 2.24) is 15.1 Å². The molecule has 156 valence electrons. The maximum Gasteiger partial charge on any atom is 0.317 e. The molecule has 0 saturated carbocycles. The number of aryl methyl sites for hydroxylation is 2. The third kappa shape index (κ3) is 7.86. The lowest BCUT2D eigenvalue weighted by Gasteiger charge is -2.20. The predicted octanol–water partition coefficient (Wildman–Crippen LogP) is 3.37. The molecule has 0 fully saturated rings. The molecule has 0 aliphatic rings. The van der Waals surface area contributed by atoms with Gasteiger partial charge in [-0.25, -0.2) is 4.79 Å². The molecule has 0 atom stereocenters. The number of nitrogens with zero attached hydrogens (tertiary/aromatic N) is 2. The Labute approximate surface area is 173 Å². The summed E-state index contributed by atoms with van der Waals surface area (Å²) in [7, 11) is 3.48. The number of carbonyl (C=O) groups excluding carboxylic acids is 2. The van der Waals surface area contributed by atoms with Gasteiger partial charge in [0, 0.05) is 33.6 Å². The van der Waals surface area contributed by atoms with Crippen molar-refractivity contribution >= 4 is 11.9 Å². The normalized spacial score (nSPS) is 10.3. The molecule has 3 amide bonds. The van der Waals surface area contributed by atoms with Gasteiger partial charge in [-0.15, -0.1) is 0 Å². The summed E-state index contributed by atoms with van der Waals surface area (Å²) in [5.74, 6) is 0.789. The van der Waals surface area contributed by atoms with Gasteiger partial charge in [0.1, 0.15) is 12.4 Å². The number of benzene rings is 2. The van der Waals surface area contributed by atoms with E-state index in [4.69, 9.17) is 4.74 Å². The molecule has 0 aromatic heterocycles. The number of ether oxygens (including phenoxy) is 1. The summed E-state index contributed by atoms with van der Waals surface area (Å²) >= 11 is 0. The minimum absolute atomic E-state index is 0.0277. The number of carbonyl (C=O) groups is 2. The van der Waals surface area contributed by atoms with Gasteiger partial charge in [-0.05, 0) is 42.7 Å². The van der Waals surface area contributed by atoms with Crippen LogP contribution in [0.5, 0.6) is 5.75 Å². The van der Waals surface area contributed by atoms with Crippen LogP contribution in [0.3, 0.4) is 0 Å². The average molecular weight is 398 g/mol. The van der Waals surface area contributed by atoms with Crippen molar-refractivity contribution in [3.8, 4) is 5.75 Å². The van der Waals surface area contributed by atoms with Crippen molar-refractivity contribution in [3.63, 3.8) is 0 Å². The molecule has 0 spiro atoms. The number of hydrogen-bond acceptors (Lipinski definition) is 3. The van der Waals surface area contributed by atoms with Crippen molar-refractivity contribution in [2.24, 2.45) is 0 Å². The molecular weight excluding hydrogens is 366 g/mol. The molecule has 2 rings (SSSR count). The lowest BCUT2D eigenvalue weighted by atomic mass is 10.1. The van der Waals surface area contributed by atoms with E-state index in [1.807, 2.05) is 56.3 Å². The van der Waals surface area contributed by atoms with Crippen LogP contribution in [-0.4, -0.2) is 55.5 Å². The number of likely N-dealkylation sites (N-methyl/N-ethyl adjacent to an activating group) is 1. The first-order valence-corrected chi connectivity index (χ1v) is 9.83. The molecule has 29 heavy (non-hydrogen) atoms. The maximum atomic E-state index is 12.2. The summed E-state index contributed by atoms with van der Waals surface area (Å²) in [6.45, 7) is 5.81.